The van der Waals surface area contributed by atoms with E-state index in [-0.39, 0.29) is 29.7 Å². The van der Waals surface area contributed by atoms with Gasteiger partial charge in [0.15, 0.2) is 0 Å². The molecule has 34 heavy (non-hydrogen) atoms. The zero-order valence-corrected chi connectivity index (χ0v) is 20.5. The molecule has 3 rings (SSSR count). The molecule has 0 aromatic heterocycles. The smallest absolute Gasteiger partial charge is 0.246 e. The number of carbonyl (C=O) groups is 5. The molecule has 5 N–H and O–H groups in total. The van der Waals surface area contributed by atoms with E-state index in [0.29, 0.717) is 19.4 Å². The lowest BCUT2D eigenvalue weighted by atomic mass is 10.0. The fourth-order valence-corrected chi connectivity index (χ4v) is 6.28. The molecule has 10 nitrogen and oxygen atoms in total. The average Bonchev–Trinajstić information content (AvgIpc) is 3.29. The third-order valence-electron chi connectivity index (χ3n) is 5.64. The molecule has 0 spiro atoms. The van der Waals surface area contributed by atoms with Crippen LogP contribution in [0, 0.1) is 0 Å². The normalized spacial score (nSPS) is 26.6. The van der Waals surface area contributed by atoms with E-state index in [1.807, 2.05) is 30.3 Å². The molecule has 0 bridgehead atoms. The summed E-state index contributed by atoms with van der Waals surface area (Å²) in [7, 11) is 2.56. The van der Waals surface area contributed by atoms with Crippen LogP contribution in [0.25, 0.3) is 0 Å². The Bertz CT molecular complexity index is 932. The molecule has 2 saturated heterocycles. The van der Waals surface area contributed by atoms with Gasteiger partial charge in [0.05, 0.1) is 0 Å². The Morgan fingerprint density at radius 1 is 1.09 bits per heavy atom. The maximum Gasteiger partial charge on any atom is 0.246 e. The summed E-state index contributed by atoms with van der Waals surface area (Å²) in [5.74, 6) is -1.94. The Hall–Kier alpha value is -2.73. The number of amides is 5. The van der Waals surface area contributed by atoms with Crippen molar-refractivity contribution in [1.29, 1.82) is 0 Å². The van der Waals surface area contributed by atoms with E-state index in [4.69, 9.17) is 5.73 Å². The molecule has 2 aliphatic heterocycles. The van der Waals surface area contributed by atoms with E-state index in [9.17, 15) is 24.0 Å². The minimum atomic E-state index is -0.957. The van der Waals surface area contributed by atoms with E-state index in [1.165, 1.54) is 33.4 Å². The van der Waals surface area contributed by atoms with E-state index < -0.39 is 41.9 Å². The zero-order chi connectivity index (χ0) is 24.7. The fourth-order valence-electron chi connectivity index (χ4n) is 3.95. The summed E-state index contributed by atoms with van der Waals surface area (Å²) < 4.78 is 0. The number of nitrogens with zero attached hydrogens (tertiary/aromatic N) is 1. The topological polar surface area (TPSA) is 151 Å². The summed E-state index contributed by atoms with van der Waals surface area (Å²) in [6.45, 7) is 1.72. The number of nitrogens with one attached hydrogen (secondary N) is 3. The second kappa shape index (κ2) is 12.1. The lowest BCUT2D eigenvalue weighted by Crippen LogP contribution is -2.58. The predicted octanol–water partition coefficient (Wildman–Crippen LogP) is -0.425. The average molecular weight is 508 g/mol. The molecule has 5 amide bonds. The van der Waals surface area contributed by atoms with Gasteiger partial charge in [-0.1, -0.05) is 51.9 Å². The van der Waals surface area contributed by atoms with Crippen LogP contribution < -0.4 is 21.7 Å². The van der Waals surface area contributed by atoms with Crippen LogP contribution >= 0.6 is 21.6 Å². The molecular formula is C22H29N5O5S2. The molecule has 12 heteroatoms. The highest BCUT2D eigenvalue weighted by atomic mass is 33.1. The lowest BCUT2D eigenvalue weighted by molar-refractivity contribution is -0.141. The maximum absolute atomic E-state index is 13.2. The van der Waals surface area contributed by atoms with Crippen molar-refractivity contribution in [2.45, 2.75) is 50.4 Å². The van der Waals surface area contributed by atoms with Crippen LogP contribution in [-0.2, 0) is 30.4 Å². The first-order valence-electron chi connectivity index (χ1n) is 11.0. The minimum Gasteiger partial charge on any atom is -0.368 e. The maximum atomic E-state index is 13.2. The first-order valence-corrected chi connectivity index (χ1v) is 13.5. The van der Waals surface area contributed by atoms with Crippen molar-refractivity contribution in [1.82, 2.24) is 20.9 Å². The Morgan fingerprint density at radius 2 is 1.79 bits per heavy atom. The van der Waals surface area contributed by atoms with Gasteiger partial charge in [-0.2, -0.15) is 0 Å². The van der Waals surface area contributed by atoms with Crippen LogP contribution in [0.3, 0.4) is 0 Å². The van der Waals surface area contributed by atoms with Gasteiger partial charge in [0.1, 0.15) is 24.2 Å². The number of hydrogen-bond donors (Lipinski definition) is 4. The van der Waals surface area contributed by atoms with Crippen molar-refractivity contribution in [2.24, 2.45) is 5.73 Å². The summed E-state index contributed by atoms with van der Waals surface area (Å²) in [5, 5.41) is 8.10. The molecule has 2 heterocycles. The van der Waals surface area contributed by atoms with Crippen molar-refractivity contribution in [3.05, 3.63) is 35.9 Å². The molecular weight excluding hydrogens is 478 g/mol. The SMILES string of the molecule is CC(=O)N[C@H]1CSSC[C@@H](C(N)=O)NC(=O)[C@H](Cc2ccccc2)NC(=O)[C@@H]2CCCN2C1=O. The lowest BCUT2D eigenvalue weighted by Gasteiger charge is -2.30. The van der Waals surface area contributed by atoms with Crippen molar-refractivity contribution in [3.63, 3.8) is 0 Å². The third kappa shape index (κ3) is 6.89. The fraction of sp³-hybridized carbons (Fsp3) is 0.500. The van der Waals surface area contributed by atoms with E-state index >= 15 is 0 Å². The standard InChI is InChI=1S/C22H29N5O5S2/c1-13(28)24-17-12-34-33-11-16(19(23)29)26-20(30)15(10-14-6-3-2-4-7-14)25-21(31)18-8-5-9-27(18)22(17)32/h2-4,6-7,15-18H,5,8-12H2,1H3,(H2,23,29)(H,24,28)(H,25,31)(H,26,30)/t15-,16-,17-,18-/m0/s1. The van der Waals surface area contributed by atoms with Crippen LogP contribution in [0.4, 0.5) is 0 Å². The van der Waals surface area contributed by atoms with Gasteiger partial charge in [0.25, 0.3) is 0 Å². The number of hydrogen-bond acceptors (Lipinski definition) is 7. The highest BCUT2D eigenvalue weighted by Gasteiger charge is 2.39. The van der Waals surface area contributed by atoms with Gasteiger partial charge in [0.2, 0.25) is 29.5 Å². The summed E-state index contributed by atoms with van der Waals surface area (Å²) in [5.41, 5.74) is 6.32. The summed E-state index contributed by atoms with van der Waals surface area (Å²) in [6.07, 6.45) is 1.30. The van der Waals surface area contributed by atoms with Gasteiger partial charge in [-0.25, -0.2) is 0 Å². The van der Waals surface area contributed by atoms with Crippen LogP contribution in [0.5, 0.6) is 0 Å². The molecule has 0 aliphatic carbocycles. The zero-order valence-electron chi connectivity index (χ0n) is 18.8. The van der Waals surface area contributed by atoms with E-state index in [2.05, 4.69) is 16.0 Å². The molecule has 1 aromatic rings. The number of nitrogens with two attached hydrogens (primary N) is 1. The largest absolute Gasteiger partial charge is 0.368 e. The summed E-state index contributed by atoms with van der Waals surface area (Å²) in [4.78, 5) is 64.7. The highest BCUT2D eigenvalue weighted by molar-refractivity contribution is 8.76. The highest BCUT2D eigenvalue weighted by Crippen LogP contribution is 2.26. The molecule has 4 atom stereocenters. The molecule has 0 saturated carbocycles. The predicted molar refractivity (Wildman–Crippen MR) is 130 cm³/mol. The van der Waals surface area contributed by atoms with Crippen molar-refractivity contribution < 1.29 is 24.0 Å². The molecule has 0 radical (unpaired) electrons. The number of fused-ring (bicyclic) bond motifs is 1. The Morgan fingerprint density at radius 3 is 2.47 bits per heavy atom. The van der Waals surface area contributed by atoms with Crippen molar-refractivity contribution in [2.75, 3.05) is 18.1 Å². The number of primary amides is 1. The Labute approximate surface area is 205 Å². The van der Waals surface area contributed by atoms with E-state index in [0.717, 1.165) is 5.56 Å². The second-order valence-corrected chi connectivity index (χ2v) is 10.8. The second-order valence-electron chi connectivity index (χ2n) is 8.23. The quantitative estimate of drug-likeness (QED) is 0.404. The third-order valence-corrected chi connectivity index (χ3v) is 8.06. The molecule has 0 unspecified atom stereocenters. The van der Waals surface area contributed by atoms with Crippen LogP contribution in [0.2, 0.25) is 0 Å². The van der Waals surface area contributed by atoms with E-state index in [1.54, 1.807) is 0 Å². The summed E-state index contributed by atoms with van der Waals surface area (Å²) >= 11 is 0. The Balaban J connectivity index is 1.89. The van der Waals surface area contributed by atoms with Gasteiger partial charge in [-0.15, -0.1) is 0 Å². The van der Waals surface area contributed by atoms with Crippen LogP contribution in [0.15, 0.2) is 30.3 Å². The van der Waals surface area contributed by atoms with Gasteiger partial charge in [0, 0.05) is 31.4 Å². The first kappa shape index (κ1) is 25.9. The van der Waals surface area contributed by atoms with Gasteiger partial charge in [-0.3, -0.25) is 24.0 Å². The number of benzene rings is 1. The van der Waals surface area contributed by atoms with Crippen LogP contribution in [-0.4, -0.2) is 76.7 Å². The van der Waals surface area contributed by atoms with Crippen molar-refractivity contribution in [3.8, 4) is 0 Å². The molecule has 1 aromatic carbocycles. The minimum absolute atomic E-state index is 0.172. The monoisotopic (exact) mass is 507 g/mol. The number of carbonyl (C=O) groups excluding carboxylic acids is 5. The van der Waals surface area contributed by atoms with Crippen molar-refractivity contribution >= 4 is 51.1 Å². The van der Waals surface area contributed by atoms with Gasteiger partial charge < -0.3 is 26.6 Å². The van der Waals surface area contributed by atoms with Gasteiger partial charge >= 0.3 is 0 Å². The molecule has 2 aliphatic rings. The summed E-state index contributed by atoms with van der Waals surface area (Å²) in [6, 6.07) is 5.72. The number of rotatable bonds is 4. The first-order chi connectivity index (χ1) is 16.3. The Kier molecular flexibility index (Phi) is 9.22. The molecule has 2 fully saturated rings. The van der Waals surface area contributed by atoms with Crippen LogP contribution in [0.1, 0.15) is 25.3 Å². The van der Waals surface area contributed by atoms with Gasteiger partial charge in [-0.05, 0) is 18.4 Å². The molecule has 184 valence electrons.